The topological polar surface area (TPSA) is 47.7 Å². The summed E-state index contributed by atoms with van der Waals surface area (Å²) in [7, 11) is 4.07. The number of aryl methyl sites for hydroxylation is 2. The van der Waals surface area contributed by atoms with E-state index in [9.17, 15) is 0 Å². The highest BCUT2D eigenvalue weighted by molar-refractivity contribution is 7.13. The number of rotatable bonds is 10. The molecule has 0 amide bonds. The lowest BCUT2D eigenvalue weighted by molar-refractivity contribution is 0.530. The molecular formula is C34H42N4S. The summed E-state index contributed by atoms with van der Waals surface area (Å²) in [4.78, 5) is 8.27. The number of likely N-dealkylation sites (N-methyl/N-ethyl adjacent to an activating group) is 1. The van der Waals surface area contributed by atoms with Crippen LogP contribution in [0.1, 0.15) is 55.1 Å². The summed E-state index contributed by atoms with van der Waals surface area (Å²) in [6.07, 6.45) is 20.1. The summed E-state index contributed by atoms with van der Waals surface area (Å²) in [6, 6.07) is 6.62. The number of H-pyrrole nitrogens is 2. The Labute approximate surface area is 237 Å². The predicted octanol–water partition coefficient (Wildman–Crippen LogP) is 7.59. The Bertz CT molecular complexity index is 1580. The zero-order valence-electron chi connectivity index (χ0n) is 24.6. The summed E-state index contributed by atoms with van der Waals surface area (Å²) < 4.78 is 0. The molecule has 2 N–H and O–H groups in total. The van der Waals surface area contributed by atoms with Crippen molar-refractivity contribution in [3.05, 3.63) is 116 Å². The van der Waals surface area contributed by atoms with Gasteiger partial charge in [0.1, 0.15) is 5.69 Å². The zero-order valence-corrected chi connectivity index (χ0v) is 25.5. The van der Waals surface area contributed by atoms with Crippen LogP contribution < -0.4 is 10.6 Å². The smallest absolute Gasteiger partial charge is 0.116 e. The fourth-order valence-electron chi connectivity index (χ4n) is 4.48. The van der Waals surface area contributed by atoms with Gasteiger partial charge in [0.15, 0.2) is 0 Å². The van der Waals surface area contributed by atoms with Gasteiger partial charge in [-0.1, -0.05) is 50.0 Å². The van der Waals surface area contributed by atoms with Crippen molar-refractivity contribution in [1.29, 1.82) is 0 Å². The van der Waals surface area contributed by atoms with Crippen LogP contribution in [-0.2, 0) is 0 Å². The van der Waals surface area contributed by atoms with Gasteiger partial charge in [-0.2, -0.15) is 5.10 Å². The molecule has 0 saturated carbocycles. The van der Waals surface area contributed by atoms with Crippen LogP contribution >= 0.6 is 11.3 Å². The fourth-order valence-corrected chi connectivity index (χ4v) is 5.38. The molecule has 204 valence electrons. The second-order valence-corrected chi connectivity index (χ2v) is 10.8. The van der Waals surface area contributed by atoms with Gasteiger partial charge in [-0.05, 0) is 88.6 Å². The van der Waals surface area contributed by atoms with Crippen LogP contribution in [0.3, 0.4) is 0 Å². The number of aromatic amines is 2. The number of allylic oxidation sites excluding steroid dienone is 9. The summed E-state index contributed by atoms with van der Waals surface area (Å²) in [6.45, 7) is 16.6. The van der Waals surface area contributed by atoms with Crippen LogP contribution in [0.2, 0.25) is 0 Å². The van der Waals surface area contributed by atoms with Crippen molar-refractivity contribution >= 4 is 29.1 Å². The van der Waals surface area contributed by atoms with Gasteiger partial charge in [0.2, 0.25) is 0 Å². The van der Waals surface area contributed by atoms with Crippen LogP contribution in [-0.4, -0.2) is 34.2 Å². The first-order valence-electron chi connectivity index (χ1n) is 13.5. The van der Waals surface area contributed by atoms with Crippen molar-refractivity contribution in [3.63, 3.8) is 0 Å². The number of nitrogens with one attached hydrogen (secondary N) is 2. The third kappa shape index (κ3) is 6.98. The number of hydrogen-bond donors (Lipinski definition) is 2. The Kier molecular flexibility index (Phi) is 10.5. The van der Waals surface area contributed by atoms with Gasteiger partial charge in [0.25, 0.3) is 0 Å². The summed E-state index contributed by atoms with van der Waals surface area (Å²) in [5, 5.41) is 10.1. The highest BCUT2D eigenvalue weighted by atomic mass is 32.1. The van der Waals surface area contributed by atoms with Crippen molar-refractivity contribution in [2.24, 2.45) is 0 Å². The molecule has 3 aromatic heterocycles. The Morgan fingerprint density at radius 2 is 1.90 bits per heavy atom. The maximum absolute atomic E-state index is 4.78. The molecule has 0 fully saturated rings. The number of nitrogens with zero attached hydrogens (tertiary/aromatic N) is 2. The van der Waals surface area contributed by atoms with Gasteiger partial charge >= 0.3 is 0 Å². The average molecular weight is 539 g/mol. The Morgan fingerprint density at radius 1 is 1.13 bits per heavy atom. The number of aromatic nitrogens is 3. The molecule has 4 nitrogen and oxygen atoms in total. The molecule has 39 heavy (non-hydrogen) atoms. The third-order valence-electron chi connectivity index (χ3n) is 6.54. The first-order chi connectivity index (χ1) is 18.8. The van der Waals surface area contributed by atoms with Gasteiger partial charge in [0, 0.05) is 51.6 Å². The van der Waals surface area contributed by atoms with Crippen molar-refractivity contribution in [2.75, 3.05) is 14.1 Å². The molecule has 0 radical (unpaired) electrons. The van der Waals surface area contributed by atoms with E-state index in [0.717, 1.165) is 50.9 Å². The van der Waals surface area contributed by atoms with E-state index in [4.69, 9.17) is 5.10 Å². The van der Waals surface area contributed by atoms with Crippen molar-refractivity contribution in [2.45, 2.75) is 48.0 Å². The lowest BCUT2D eigenvalue weighted by Crippen LogP contribution is -2.24. The molecule has 3 aromatic rings. The summed E-state index contributed by atoms with van der Waals surface area (Å²) in [5.74, 6) is 0. The molecule has 0 saturated heterocycles. The van der Waals surface area contributed by atoms with E-state index in [0.29, 0.717) is 0 Å². The van der Waals surface area contributed by atoms with Crippen LogP contribution in [0.15, 0.2) is 84.2 Å². The quantitative estimate of drug-likeness (QED) is 0.261. The minimum Gasteiger partial charge on any atom is -0.378 e. The zero-order chi connectivity index (χ0) is 28.5. The lowest BCUT2D eigenvalue weighted by Gasteiger charge is -2.15. The Balaban J connectivity index is 2.22. The molecule has 0 unspecified atom stereocenters. The van der Waals surface area contributed by atoms with E-state index in [1.165, 1.54) is 20.9 Å². The van der Waals surface area contributed by atoms with E-state index in [-0.39, 0.29) is 0 Å². The van der Waals surface area contributed by atoms with Crippen molar-refractivity contribution in [3.8, 4) is 11.4 Å². The van der Waals surface area contributed by atoms with Gasteiger partial charge in [-0.3, -0.25) is 5.10 Å². The van der Waals surface area contributed by atoms with Gasteiger partial charge in [-0.15, -0.1) is 11.3 Å². The third-order valence-corrected chi connectivity index (χ3v) is 7.57. The highest BCUT2D eigenvalue weighted by Crippen LogP contribution is 2.33. The van der Waals surface area contributed by atoms with Crippen LogP contribution in [0.4, 0.5) is 0 Å². The minimum atomic E-state index is 0.906. The van der Waals surface area contributed by atoms with Crippen molar-refractivity contribution < 1.29 is 0 Å². The highest BCUT2D eigenvalue weighted by Gasteiger charge is 2.16. The minimum absolute atomic E-state index is 0.906. The standard InChI is InChI=1S/C34H42N4S/c1-10-15-17-28(33-19-18-23(6)39-33)29-22-32(35-24(29)7)34-30(31(14-5)36-37-34)21-26(16-11-2)25(12-3)20-27(13-4)38(8)9/h10,12-22,35-36H,4,11H2,1-3,5-9H3/b15-10-,25-12+,26-16-,27-20+,28-17+,30-21+,31-14+. The molecule has 0 aromatic carbocycles. The van der Waals surface area contributed by atoms with E-state index in [2.05, 4.69) is 116 Å². The van der Waals surface area contributed by atoms with Crippen molar-refractivity contribution in [1.82, 2.24) is 20.1 Å². The van der Waals surface area contributed by atoms with E-state index >= 15 is 0 Å². The maximum atomic E-state index is 4.78. The number of hydrogen-bond acceptors (Lipinski definition) is 3. The molecule has 5 heteroatoms. The average Bonchev–Trinajstić information content (AvgIpc) is 3.63. The molecule has 0 bridgehead atoms. The molecule has 0 atom stereocenters. The number of thiophene rings is 1. The molecule has 3 heterocycles. The van der Waals surface area contributed by atoms with Crippen LogP contribution in [0.5, 0.6) is 0 Å². The Morgan fingerprint density at radius 3 is 2.46 bits per heavy atom. The van der Waals surface area contributed by atoms with Crippen LogP contribution in [0.25, 0.3) is 29.1 Å². The first-order valence-corrected chi connectivity index (χ1v) is 14.3. The van der Waals surface area contributed by atoms with Crippen LogP contribution in [0, 0.1) is 13.8 Å². The second-order valence-electron chi connectivity index (χ2n) is 9.55. The second kappa shape index (κ2) is 13.8. The fraction of sp³-hybridized carbons (Fsp3) is 0.265. The summed E-state index contributed by atoms with van der Waals surface area (Å²) >= 11 is 1.82. The Hall–Kier alpha value is -3.83. The van der Waals surface area contributed by atoms with Gasteiger partial charge in [0.05, 0.1) is 11.0 Å². The molecule has 0 aliphatic carbocycles. The lowest BCUT2D eigenvalue weighted by atomic mass is 10.0. The van der Waals surface area contributed by atoms with E-state index in [1.54, 1.807) is 0 Å². The molecule has 3 rings (SSSR count). The van der Waals surface area contributed by atoms with E-state index in [1.807, 2.05) is 45.4 Å². The van der Waals surface area contributed by atoms with E-state index < -0.39 is 0 Å². The first kappa shape index (κ1) is 29.7. The summed E-state index contributed by atoms with van der Waals surface area (Å²) in [5.41, 5.74) is 8.76. The largest absolute Gasteiger partial charge is 0.378 e. The SMILES string of the molecule is C=C\C(=C/C(=C\C)C(=C\CC)/C=c1/c(-c2cc(/C(=C\C=C/C)c3ccc(C)s3)c(C)[nH]2)n[nH]/c1=C/C)N(C)C. The monoisotopic (exact) mass is 538 g/mol. The molecule has 0 spiro atoms. The molecular weight excluding hydrogens is 496 g/mol. The molecule has 0 aliphatic heterocycles. The van der Waals surface area contributed by atoms with Gasteiger partial charge in [-0.25, -0.2) is 0 Å². The van der Waals surface area contributed by atoms with Gasteiger partial charge < -0.3 is 9.88 Å². The maximum Gasteiger partial charge on any atom is 0.116 e. The molecule has 0 aliphatic rings. The predicted molar refractivity (Wildman–Crippen MR) is 172 cm³/mol. The normalized spacial score (nSPS) is 14.7.